The zero-order valence-electron chi connectivity index (χ0n) is 9.74. The van der Waals surface area contributed by atoms with Gasteiger partial charge in [0.1, 0.15) is 0 Å². The second-order valence-corrected chi connectivity index (χ2v) is 5.77. The number of sulfonamides is 1. The van der Waals surface area contributed by atoms with Crippen molar-refractivity contribution in [1.82, 2.24) is 10.0 Å². The van der Waals surface area contributed by atoms with E-state index in [9.17, 15) is 8.42 Å². The molecule has 0 bridgehead atoms. The Hall–Kier alpha value is -0.620. The topological polar surface area (TPSA) is 58.2 Å². The second kappa shape index (κ2) is 6.96. The monoisotopic (exact) mass is 276 g/mol. The first-order valence-electron chi connectivity index (χ1n) is 5.52. The predicted molar refractivity (Wildman–Crippen MR) is 69.8 cm³/mol. The van der Waals surface area contributed by atoms with Crippen LogP contribution in [0.2, 0.25) is 5.02 Å². The Morgan fingerprint density at radius 3 is 2.71 bits per heavy atom. The highest BCUT2D eigenvalue weighted by Crippen LogP contribution is 2.14. The average molecular weight is 277 g/mol. The maximum atomic E-state index is 11.8. The van der Waals surface area contributed by atoms with Gasteiger partial charge in [0.15, 0.2) is 0 Å². The quantitative estimate of drug-likeness (QED) is 0.744. The molecular formula is C11H17ClN2O2S. The van der Waals surface area contributed by atoms with Crippen molar-refractivity contribution in [1.29, 1.82) is 0 Å². The third-order valence-corrected chi connectivity index (χ3v) is 3.87. The smallest absolute Gasteiger partial charge is 0.240 e. The maximum Gasteiger partial charge on any atom is 0.240 e. The maximum absolute atomic E-state index is 11.8. The zero-order valence-corrected chi connectivity index (χ0v) is 11.3. The van der Waals surface area contributed by atoms with Crippen LogP contribution in [0.1, 0.15) is 13.3 Å². The summed E-state index contributed by atoms with van der Waals surface area (Å²) >= 11 is 5.75. The third-order valence-electron chi connectivity index (χ3n) is 2.18. The van der Waals surface area contributed by atoms with Gasteiger partial charge in [0.2, 0.25) is 10.0 Å². The van der Waals surface area contributed by atoms with Crippen molar-refractivity contribution in [2.45, 2.75) is 18.2 Å². The van der Waals surface area contributed by atoms with Crippen LogP contribution in [-0.4, -0.2) is 28.1 Å². The standard InChI is InChI=1S/C11H17ClN2O2S/c1-2-13-7-4-8-14-17(15,16)11-6-3-5-10(12)9-11/h3,5-6,9,13-14H,2,4,7-8H2,1H3. The third kappa shape index (κ3) is 5.04. The first kappa shape index (κ1) is 14.4. The normalized spacial score (nSPS) is 11.6. The molecule has 4 nitrogen and oxygen atoms in total. The Labute approximate surface area is 107 Å². The van der Waals surface area contributed by atoms with E-state index in [1.807, 2.05) is 6.92 Å². The van der Waals surface area contributed by atoms with Crippen molar-refractivity contribution in [3.63, 3.8) is 0 Å². The molecule has 0 saturated heterocycles. The van der Waals surface area contributed by atoms with Crippen LogP contribution < -0.4 is 10.0 Å². The van der Waals surface area contributed by atoms with Crippen molar-refractivity contribution in [3.8, 4) is 0 Å². The summed E-state index contributed by atoms with van der Waals surface area (Å²) in [4.78, 5) is 0.202. The van der Waals surface area contributed by atoms with E-state index in [0.717, 1.165) is 19.5 Å². The van der Waals surface area contributed by atoms with Crippen LogP contribution in [0, 0.1) is 0 Å². The number of rotatable bonds is 7. The SMILES string of the molecule is CCNCCCNS(=O)(=O)c1cccc(Cl)c1. The predicted octanol–water partition coefficient (Wildman–Crippen LogP) is 1.62. The highest BCUT2D eigenvalue weighted by Gasteiger charge is 2.12. The Morgan fingerprint density at radius 1 is 1.29 bits per heavy atom. The fourth-order valence-electron chi connectivity index (χ4n) is 1.31. The zero-order chi connectivity index (χ0) is 12.7. The fourth-order valence-corrected chi connectivity index (χ4v) is 2.69. The molecule has 2 N–H and O–H groups in total. The molecule has 0 aliphatic carbocycles. The molecule has 96 valence electrons. The summed E-state index contributed by atoms with van der Waals surface area (Å²) in [6.07, 6.45) is 0.758. The Bertz CT molecular complexity index is 449. The minimum atomic E-state index is -3.43. The molecule has 0 heterocycles. The number of benzene rings is 1. The van der Waals surface area contributed by atoms with Gasteiger partial charge >= 0.3 is 0 Å². The number of nitrogens with one attached hydrogen (secondary N) is 2. The lowest BCUT2D eigenvalue weighted by molar-refractivity contribution is 0.575. The molecule has 6 heteroatoms. The van der Waals surface area contributed by atoms with Crippen LogP contribution >= 0.6 is 11.6 Å². The van der Waals surface area contributed by atoms with Crippen LogP contribution in [0.25, 0.3) is 0 Å². The molecule has 0 unspecified atom stereocenters. The lowest BCUT2D eigenvalue weighted by Crippen LogP contribution is -2.27. The van der Waals surface area contributed by atoms with Crippen LogP contribution in [0.15, 0.2) is 29.2 Å². The minimum Gasteiger partial charge on any atom is -0.317 e. The molecular weight excluding hydrogens is 260 g/mol. The summed E-state index contributed by atoms with van der Waals surface area (Å²) in [5.74, 6) is 0. The molecule has 0 saturated carbocycles. The van der Waals surface area contributed by atoms with E-state index in [0.29, 0.717) is 11.6 Å². The van der Waals surface area contributed by atoms with Gasteiger partial charge in [-0.1, -0.05) is 24.6 Å². The van der Waals surface area contributed by atoms with Crippen molar-refractivity contribution < 1.29 is 8.42 Å². The summed E-state index contributed by atoms with van der Waals surface area (Å²) in [6.45, 7) is 4.12. The Kier molecular flexibility index (Phi) is 5.91. The average Bonchev–Trinajstić information content (AvgIpc) is 2.29. The van der Waals surface area contributed by atoms with Crippen LogP contribution in [0.5, 0.6) is 0 Å². The first-order chi connectivity index (χ1) is 8.06. The van der Waals surface area contributed by atoms with Crippen LogP contribution in [0.4, 0.5) is 0 Å². The number of hydrogen-bond acceptors (Lipinski definition) is 3. The highest BCUT2D eigenvalue weighted by atomic mass is 35.5. The molecule has 0 fully saturated rings. The number of hydrogen-bond donors (Lipinski definition) is 2. The van der Waals surface area contributed by atoms with Crippen LogP contribution in [-0.2, 0) is 10.0 Å². The van der Waals surface area contributed by atoms with Crippen molar-refractivity contribution in [3.05, 3.63) is 29.3 Å². The molecule has 0 atom stereocenters. The molecule has 0 aromatic heterocycles. The molecule has 1 rings (SSSR count). The lowest BCUT2D eigenvalue weighted by Gasteiger charge is -2.07. The molecule has 1 aromatic carbocycles. The van der Waals surface area contributed by atoms with Crippen molar-refractivity contribution in [2.24, 2.45) is 0 Å². The van der Waals surface area contributed by atoms with Crippen molar-refractivity contribution in [2.75, 3.05) is 19.6 Å². The van der Waals surface area contributed by atoms with Gasteiger partial charge in [-0.05, 0) is 37.7 Å². The van der Waals surface area contributed by atoms with Gasteiger partial charge in [-0.3, -0.25) is 0 Å². The van der Waals surface area contributed by atoms with Gasteiger partial charge in [0.05, 0.1) is 4.90 Å². The Balaban J connectivity index is 2.51. The molecule has 0 spiro atoms. The van der Waals surface area contributed by atoms with Gasteiger partial charge in [-0.25, -0.2) is 13.1 Å². The van der Waals surface area contributed by atoms with E-state index in [1.54, 1.807) is 12.1 Å². The van der Waals surface area contributed by atoms with E-state index in [2.05, 4.69) is 10.0 Å². The summed E-state index contributed by atoms with van der Waals surface area (Å²) in [5.41, 5.74) is 0. The van der Waals surface area contributed by atoms with E-state index in [4.69, 9.17) is 11.6 Å². The molecule has 17 heavy (non-hydrogen) atoms. The largest absolute Gasteiger partial charge is 0.317 e. The second-order valence-electron chi connectivity index (χ2n) is 3.56. The molecule has 0 aliphatic rings. The summed E-state index contributed by atoms with van der Waals surface area (Å²) in [7, 11) is -3.43. The fraction of sp³-hybridized carbons (Fsp3) is 0.455. The molecule has 0 aliphatic heterocycles. The summed E-state index contributed by atoms with van der Waals surface area (Å²) in [6, 6.07) is 6.23. The van der Waals surface area contributed by atoms with Gasteiger partial charge in [0, 0.05) is 11.6 Å². The lowest BCUT2D eigenvalue weighted by atomic mass is 10.4. The highest BCUT2D eigenvalue weighted by molar-refractivity contribution is 7.89. The summed E-state index contributed by atoms with van der Waals surface area (Å²) in [5, 5.41) is 3.54. The van der Waals surface area contributed by atoms with Gasteiger partial charge in [-0.15, -0.1) is 0 Å². The first-order valence-corrected chi connectivity index (χ1v) is 7.38. The molecule has 1 aromatic rings. The molecule has 0 radical (unpaired) electrons. The van der Waals surface area contributed by atoms with E-state index in [1.165, 1.54) is 12.1 Å². The van der Waals surface area contributed by atoms with E-state index < -0.39 is 10.0 Å². The molecule has 0 amide bonds. The van der Waals surface area contributed by atoms with Gasteiger partial charge in [0.25, 0.3) is 0 Å². The van der Waals surface area contributed by atoms with Gasteiger partial charge in [-0.2, -0.15) is 0 Å². The Morgan fingerprint density at radius 2 is 2.06 bits per heavy atom. The van der Waals surface area contributed by atoms with Crippen LogP contribution in [0.3, 0.4) is 0 Å². The number of halogens is 1. The van der Waals surface area contributed by atoms with E-state index >= 15 is 0 Å². The minimum absolute atomic E-state index is 0.202. The summed E-state index contributed by atoms with van der Waals surface area (Å²) < 4.78 is 26.2. The van der Waals surface area contributed by atoms with E-state index in [-0.39, 0.29) is 4.90 Å². The van der Waals surface area contributed by atoms with Crippen molar-refractivity contribution >= 4 is 21.6 Å². The van der Waals surface area contributed by atoms with Gasteiger partial charge < -0.3 is 5.32 Å².